The number of benzene rings is 2. The van der Waals surface area contributed by atoms with Crippen LogP contribution >= 0.6 is 11.3 Å². The number of hydrogen-bond donors (Lipinski definition) is 1. The number of thiazole rings is 1. The SMILES string of the molecule is CCCCCN(CC(=O)Nc1nc(C)cs1)C(=O)c1ccc(-c2ccccc2)cc1. The summed E-state index contributed by atoms with van der Waals surface area (Å²) in [5.41, 5.74) is 3.62. The maximum atomic E-state index is 13.1. The summed E-state index contributed by atoms with van der Waals surface area (Å²) in [7, 11) is 0. The largest absolute Gasteiger partial charge is 0.329 e. The molecular formula is C24H27N3O2S. The molecule has 156 valence electrons. The van der Waals surface area contributed by atoms with Crippen molar-refractivity contribution >= 4 is 28.3 Å². The lowest BCUT2D eigenvalue weighted by molar-refractivity contribution is -0.116. The van der Waals surface area contributed by atoms with E-state index in [0.29, 0.717) is 17.2 Å². The van der Waals surface area contributed by atoms with Crippen molar-refractivity contribution < 1.29 is 9.59 Å². The van der Waals surface area contributed by atoms with Crippen LogP contribution in [-0.4, -0.2) is 34.8 Å². The Kier molecular flexibility index (Phi) is 7.74. The third-order valence-corrected chi connectivity index (χ3v) is 5.63. The highest BCUT2D eigenvalue weighted by Crippen LogP contribution is 2.20. The molecule has 1 heterocycles. The Labute approximate surface area is 181 Å². The second-order valence-corrected chi connectivity index (χ2v) is 8.08. The van der Waals surface area contributed by atoms with Crippen LogP contribution in [0.25, 0.3) is 11.1 Å². The normalized spacial score (nSPS) is 10.6. The van der Waals surface area contributed by atoms with Crippen molar-refractivity contribution in [3.8, 4) is 11.1 Å². The number of amides is 2. The molecule has 0 saturated carbocycles. The Morgan fingerprint density at radius 2 is 1.70 bits per heavy atom. The number of carbonyl (C=O) groups is 2. The molecule has 2 amide bonds. The van der Waals surface area contributed by atoms with E-state index in [9.17, 15) is 9.59 Å². The number of anilines is 1. The number of carbonyl (C=O) groups excluding carboxylic acids is 2. The van der Waals surface area contributed by atoms with E-state index in [-0.39, 0.29) is 18.4 Å². The van der Waals surface area contributed by atoms with Crippen molar-refractivity contribution in [3.05, 3.63) is 71.2 Å². The first-order valence-electron chi connectivity index (χ1n) is 10.2. The van der Waals surface area contributed by atoms with E-state index in [1.807, 2.05) is 66.9 Å². The summed E-state index contributed by atoms with van der Waals surface area (Å²) in [6, 6.07) is 17.6. The fraction of sp³-hybridized carbons (Fsp3) is 0.292. The van der Waals surface area contributed by atoms with Gasteiger partial charge in [-0.2, -0.15) is 0 Å². The van der Waals surface area contributed by atoms with Gasteiger partial charge in [-0.25, -0.2) is 4.98 Å². The fourth-order valence-electron chi connectivity index (χ4n) is 3.17. The zero-order valence-corrected chi connectivity index (χ0v) is 18.2. The van der Waals surface area contributed by atoms with Gasteiger partial charge in [0, 0.05) is 17.5 Å². The third-order valence-electron chi connectivity index (χ3n) is 4.76. The number of nitrogens with one attached hydrogen (secondary N) is 1. The first-order chi connectivity index (χ1) is 14.6. The number of rotatable bonds is 9. The first kappa shape index (κ1) is 21.7. The summed E-state index contributed by atoms with van der Waals surface area (Å²) in [5, 5.41) is 5.24. The lowest BCUT2D eigenvalue weighted by Crippen LogP contribution is -2.38. The number of unbranched alkanes of at least 4 members (excludes halogenated alkanes) is 2. The molecule has 6 heteroatoms. The van der Waals surface area contributed by atoms with Crippen LogP contribution in [0.1, 0.15) is 42.2 Å². The number of nitrogens with zero attached hydrogens (tertiary/aromatic N) is 2. The van der Waals surface area contributed by atoms with E-state index < -0.39 is 0 Å². The van der Waals surface area contributed by atoms with E-state index in [2.05, 4.69) is 17.2 Å². The standard InChI is InChI=1S/C24H27N3O2S/c1-3-4-8-15-27(16-22(28)26-24-25-18(2)17-30-24)23(29)21-13-11-20(12-14-21)19-9-6-5-7-10-19/h5-7,9-14,17H,3-4,8,15-16H2,1-2H3,(H,25,26,28). The highest BCUT2D eigenvalue weighted by atomic mass is 32.1. The minimum Gasteiger partial charge on any atom is -0.329 e. The summed E-state index contributed by atoms with van der Waals surface area (Å²) >= 11 is 1.38. The Morgan fingerprint density at radius 1 is 1.00 bits per heavy atom. The lowest BCUT2D eigenvalue weighted by atomic mass is 10.0. The summed E-state index contributed by atoms with van der Waals surface area (Å²) in [6.45, 7) is 4.57. The van der Waals surface area contributed by atoms with Gasteiger partial charge < -0.3 is 10.2 Å². The van der Waals surface area contributed by atoms with Crippen LogP contribution in [0.2, 0.25) is 0 Å². The van der Waals surface area contributed by atoms with Gasteiger partial charge in [0.15, 0.2) is 5.13 Å². The molecule has 0 spiro atoms. The molecule has 0 aliphatic heterocycles. The van der Waals surface area contributed by atoms with Crippen molar-refractivity contribution in [1.29, 1.82) is 0 Å². The van der Waals surface area contributed by atoms with Crippen LogP contribution < -0.4 is 5.32 Å². The molecule has 2 aromatic carbocycles. The lowest BCUT2D eigenvalue weighted by Gasteiger charge is -2.22. The maximum Gasteiger partial charge on any atom is 0.254 e. The average Bonchev–Trinajstić information content (AvgIpc) is 3.17. The molecule has 3 rings (SSSR count). The monoisotopic (exact) mass is 421 g/mol. The molecule has 0 saturated heterocycles. The van der Waals surface area contributed by atoms with E-state index in [4.69, 9.17) is 0 Å². The molecule has 3 aromatic rings. The van der Waals surface area contributed by atoms with Crippen LogP contribution in [0.3, 0.4) is 0 Å². The molecule has 0 aliphatic carbocycles. The maximum absolute atomic E-state index is 13.1. The molecule has 1 aromatic heterocycles. The average molecular weight is 422 g/mol. The molecule has 0 radical (unpaired) electrons. The molecule has 0 fully saturated rings. The van der Waals surface area contributed by atoms with E-state index in [0.717, 1.165) is 36.1 Å². The van der Waals surface area contributed by atoms with Crippen LogP contribution in [0.15, 0.2) is 60.0 Å². The molecule has 5 nitrogen and oxygen atoms in total. The van der Waals surface area contributed by atoms with E-state index >= 15 is 0 Å². The van der Waals surface area contributed by atoms with Crippen molar-refractivity contribution in [3.63, 3.8) is 0 Å². The van der Waals surface area contributed by atoms with Gasteiger partial charge in [-0.1, -0.05) is 62.2 Å². The topological polar surface area (TPSA) is 62.3 Å². The highest BCUT2D eigenvalue weighted by Gasteiger charge is 2.19. The predicted molar refractivity (Wildman–Crippen MR) is 123 cm³/mol. The fourth-order valence-corrected chi connectivity index (χ4v) is 3.87. The van der Waals surface area contributed by atoms with Crippen LogP contribution in [0, 0.1) is 6.92 Å². The van der Waals surface area contributed by atoms with Gasteiger partial charge in [0.1, 0.15) is 6.54 Å². The van der Waals surface area contributed by atoms with E-state index in [1.54, 1.807) is 4.90 Å². The number of aryl methyl sites for hydroxylation is 1. The van der Waals surface area contributed by atoms with Gasteiger partial charge in [0.05, 0.1) is 5.69 Å². The van der Waals surface area contributed by atoms with Crippen molar-refractivity contribution in [2.24, 2.45) is 0 Å². The molecule has 0 unspecified atom stereocenters. The van der Waals surface area contributed by atoms with Crippen LogP contribution in [-0.2, 0) is 4.79 Å². The zero-order chi connectivity index (χ0) is 21.3. The predicted octanol–water partition coefficient (Wildman–Crippen LogP) is 5.39. The number of aromatic nitrogens is 1. The highest BCUT2D eigenvalue weighted by molar-refractivity contribution is 7.13. The van der Waals surface area contributed by atoms with Crippen molar-refractivity contribution in [2.45, 2.75) is 33.1 Å². The Bertz CT molecular complexity index is 968. The second kappa shape index (κ2) is 10.7. The molecule has 0 aliphatic rings. The first-order valence-corrected chi connectivity index (χ1v) is 11.1. The van der Waals surface area contributed by atoms with Crippen LogP contribution in [0.5, 0.6) is 0 Å². The molecular weight excluding hydrogens is 394 g/mol. The zero-order valence-electron chi connectivity index (χ0n) is 17.4. The van der Waals surface area contributed by atoms with Gasteiger partial charge in [-0.3, -0.25) is 9.59 Å². The van der Waals surface area contributed by atoms with Gasteiger partial charge >= 0.3 is 0 Å². The summed E-state index contributed by atoms with van der Waals surface area (Å²) in [5.74, 6) is -0.355. The minimum atomic E-state index is -0.227. The molecule has 0 bridgehead atoms. The van der Waals surface area contributed by atoms with Crippen molar-refractivity contribution in [2.75, 3.05) is 18.4 Å². The summed E-state index contributed by atoms with van der Waals surface area (Å²) in [4.78, 5) is 31.5. The van der Waals surface area contributed by atoms with Gasteiger partial charge in [0.2, 0.25) is 5.91 Å². The number of hydrogen-bond acceptors (Lipinski definition) is 4. The van der Waals surface area contributed by atoms with Gasteiger partial charge in [-0.05, 0) is 36.6 Å². The minimum absolute atomic E-state index is 0.0155. The van der Waals surface area contributed by atoms with Gasteiger partial charge in [0.25, 0.3) is 5.91 Å². The molecule has 30 heavy (non-hydrogen) atoms. The summed E-state index contributed by atoms with van der Waals surface area (Å²) in [6.07, 6.45) is 2.94. The Balaban J connectivity index is 1.70. The van der Waals surface area contributed by atoms with Crippen LogP contribution in [0.4, 0.5) is 5.13 Å². The molecule has 0 atom stereocenters. The second-order valence-electron chi connectivity index (χ2n) is 7.22. The quantitative estimate of drug-likeness (QED) is 0.471. The van der Waals surface area contributed by atoms with Crippen molar-refractivity contribution in [1.82, 2.24) is 9.88 Å². The summed E-state index contributed by atoms with van der Waals surface area (Å²) < 4.78 is 0. The van der Waals surface area contributed by atoms with Gasteiger partial charge in [-0.15, -0.1) is 11.3 Å². The third kappa shape index (κ3) is 6.00. The molecule has 1 N–H and O–H groups in total. The Morgan fingerprint density at radius 3 is 2.33 bits per heavy atom. The van der Waals surface area contributed by atoms with E-state index in [1.165, 1.54) is 11.3 Å². The smallest absolute Gasteiger partial charge is 0.254 e. The Hall–Kier alpha value is -2.99.